The van der Waals surface area contributed by atoms with E-state index in [2.05, 4.69) is 24.1 Å². The van der Waals surface area contributed by atoms with Gasteiger partial charge in [-0.2, -0.15) is 0 Å². The molecule has 142 valence electrons. The Balaban J connectivity index is 1.44. The number of hydrogen-bond acceptors (Lipinski definition) is 3. The Labute approximate surface area is 156 Å². The summed E-state index contributed by atoms with van der Waals surface area (Å²) in [7, 11) is 0. The number of carbonyl (C=O) groups excluding carboxylic acids is 2. The fourth-order valence-corrected chi connectivity index (χ4v) is 4.20. The lowest BCUT2D eigenvalue weighted by molar-refractivity contribution is -0.117. The van der Waals surface area contributed by atoms with E-state index < -0.39 is 0 Å². The predicted molar refractivity (Wildman–Crippen MR) is 104 cm³/mol. The molecule has 1 aromatic carbocycles. The van der Waals surface area contributed by atoms with Gasteiger partial charge in [-0.25, -0.2) is 0 Å². The Kier molecular flexibility index (Phi) is 6.30. The van der Waals surface area contributed by atoms with E-state index in [1.165, 1.54) is 19.3 Å². The number of likely N-dealkylation sites (tertiary alicyclic amines) is 1. The van der Waals surface area contributed by atoms with Crippen molar-refractivity contribution in [3.05, 3.63) is 29.8 Å². The van der Waals surface area contributed by atoms with E-state index >= 15 is 0 Å². The van der Waals surface area contributed by atoms with Crippen LogP contribution in [0.2, 0.25) is 0 Å². The summed E-state index contributed by atoms with van der Waals surface area (Å²) in [5.41, 5.74) is 1.54. The molecule has 1 N–H and O–H groups in total. The van der Waals surface area contributed by atoms with Gasteiger partial charge in [-0.05, 0) is 63.8 Å². The van der Waals surface area contributed by atoms with Crippen molar-refractivity contribution in [2.24, 2.45) is 0 Å². The number of hydrogen-bond donors (Lipinski definition) is 1. The first-order chi connectivity index (χ1) is 12.6. The minimum atomic E-state index is -0.0379. The molecule has 2 aliphatic heterocycles. The minimum Gasteiger partial charge on any atom is -0.352 e. The van der Waals surface area contributed by atoms with Gasteiger partial charge in [-0.15, -0.1) is 0 Å². The molecule has 5 nitrogen and oxygen atoms in total. The van der Waals surface area contributed by atoms with E-state index in [-0.39, 0.29) is 11.8 Å². The maximum atomic E-state index is 12.3. The van der Waals surface area contributed by atoms with Crippen LogP contribution < -0.4 is 10.2 Å². The molecule has 0 aromatic heterocycles. The van der Waals surface area contributed by atoms with Crippen LogP contribution in [0.15, 0.2) is 24.3 Å². The lowest BCUT2D eigenvalue weighted by Gasteiger charge is -2.39. The van der Waals surface area contributed by atoms with Crippen molar-refractivity contribution in [2.45, 2.75) is 64.5 Å². The zero-order chi connectivity index (χ0) is 18.5. The molecule has 0 saturated carbocycles. The van der Waals surface area contributed by atoms with Crippen LogP contribution in [0.3, 0.4) is 0 Å². The van der Waals surface area contributed by atoms with Crippen LogP contribution in [0.25, 0.3) is 0 Å². The van der Waals surface area contributed by atoms with Gasteiger partial charge in [-0.1, -0.05) is 6.42 Å². The van der Waals surface area contributed by atoms with Crippen LogP contribution in [-0.4, -0.2) is 48.4 Å². The molecule has 5 heteroatoms. The Hall–Kier alpha value is -1.88. The van der Waals surface area contributed by atoms with Crippen molar-refractivity contribution >= 4 is 17.5 Å². The van der Waals surface area contributed by atoms with Gasteiger partial charge >= 0.3 is 0 Å². The number of rotatable bonds is 6. The van der Waals surface area contributed by atoms with Crippen molar-refractivity contribution in [1.29, 1.82) is 0 Å². The molecule has 2 saturated heterocycles. The number of carbonyl (C=O) groups is 2. The number of amides is 2. The number of nitrogens with zero attached hydrogens (tertiary/aromatic N) is 2. The van der Waals surface area contributed by atoms with Gasteiger partial charge in [0.1, 0.15) is 0 Å². The first-order valence-corrected chi connectivity index (χ1v) is 10.0. The summed E-state index contributed by atoms with van der Waals surface area (Å²) in [5, 5.41) is 3.02. The second-order valence-electron chi connectivity index (χ2n) is 7.67. The van der Waals surface area contributed by atoms with Gasteiger partial charge in [-0.3, -0.25) is 14.5 Å². The fraction of sp³-hybridized carbons (Fsp3) is 0.619. The highest BCUT2D eigenvalue weighted by molar-refractivity contribution is 5.97. The molecule has 3 rings (SSSR count). The van der Waals surface area contributed by atoms with E-state index in [0.717, 1.165) is 31.6 Å². The summed E-state index contributed by atoms with van der Waals surface area (Å²) in [4.78, 5) is 28.5. The van der Waals surface area contributed by atoms with Crippen LogP contribution in [0.1, 0.15) is 62.7 Å². The monoisotopic (exact) mass is 357 g/mol. The third kappa shape index (κ3) is 4.44. The lowest BCUT2D eigenvalue weighted by atomic mass is 9.97. The predicted octanol–water partition coefficient (Wildman–Crippen LogP) is 3.20. The molecule has 26 heavy (non-hydrogen) atoms. The van der Waals surface area contributed by atoms with Crippen molar-refractivity contribution in [3.8, 4) is 0 Å². The van der Waals surface area contributed by atoms with E-state index in [4.69, 9.17) is 0 Å². The number of piperidine rings is 1. The van der Waals surface area contributed by atoms with Gasteiger partial charge in [0, 0.05) is 49.4 Å². The van der Waals surface area contributed by atoms with Crippen molar-refractivity contribution in [3.63, 3.8) is 0 Å². The largest absolute Gasteiger partial charge is 0.352 e. The summed E-state index contributed by atoms with van der Waals surface area (Å²) in [6, 6.07) is 8.66. The number of benzene rings is 1. The minimum absolute atomic E-state index is 0.0379. The summed E-state index contributed by atoms with van der Waals surface area (Å²) >= 11 is 0. The Morgan fingerprint density at radius 1 is 1.12 bits per heavy atom. The second-order valence-corrected chi connectivity index (χ2v) is 7.67. The molecule has 2 atom stereocenters. The van der Waals surface area contributed by atoms with Crippen LogP contribution in [0.5, 0.6) is 0 Å². The standard InChI is InChI=1S/C21H31N3O2/c1-16-6-3-7-17(2)23(16)15-5-13-22-21(26)18-9-11-19(12-10-18)24-14-4-8-20(24)25/h9-12,16-17H,3-8,13-15H2,1-2H3,(H,22,26)/t16-,17-/m0/s1. The summed E-state index contributed by atoms with van der Waals surface area (Å²) in [6.45, 7) is 7.12. The molecule has 2 heterocycles. The van der Waals surface area contributed by atoms with E-state index in [1.54, 1.807) is 4.90 Å². The Morgan fingerprint density at radius 3 is 2.42 bits per heavy atom. The molecule has 2 fully saturated rings. The zero-order valence-corrected chi connectivity index (χ0v) is 16.0. The maximum Gasteiger partial charge on any atom is 0.251 e. The van der Waals surface area contributed by atoms with E-state index in [1.807, 2.05) is 24.3 Å². The molecule has 0 bridgehead atoms. The van der Waals surface area contributed by atoms with Gasteiger partial charge < -0.3 is 10.2 Å². The molecule has 2 aliphatic rings. The Bertz CT molecular complexity index is 619. The van der Waals surface area contributed by atoms with Gasteiger partial charge in [0.2, 0.25) is 5.91 Å². The molecule has 2 amide bonds. The Morgan fingerprint density at radius 2 is 1.81 bits per heavy atom. The number of nitrogens with one attached hydrogen (secondary N) is 1. The summed E-state index contributed by atoms with van der Waals surface area (Å²) in [6.07, 6.45) is 6.40. The average molecular weight is 357 g/mol. The molecular weight excluding hydrogens is 326 g/mol. The summed E-state index contributed by atoms with van der Waals surface area (Å²) < 4.78 is 0. The molecule has 0 radical (unpaired) electrons. The first kappa shape index (κ1) is 18.9. The highest BCUT2D eigenvalue weighted by Crippen LogP contribution is 2.23. The second kappa shape index (κ2) is 8.67. The van der Waals surface area contributed by atoms with E-state index in [0.29, 0.717) is 30.6 Å². The van der Waals surface area contributed by atoms with Gasteiger partial charge in [0.05, 0.1) is 0 Å². The normalized spacial score (nSPS) is 24.1. The highest BCUT2D eigenvalue weighted by Gasteiger charge is 2.24. The smallest absolute Gasteiger partial charge is 0.251 e. The molecule has 0 aliphatic carbocycles. The average Bonchev–Trinajstić information content (AvgIpc) is 3.06. The van der Waals surface area contributed by atoms with Crippen molar-refractivity contribution in [2.75, 3.05) is 24.5 Å². The van der Waals surface area contributed by atoms with Crippen LogP contribution >= 0.6 is 0 Å². The third-order valence-corrected chi connectivity index (χ3v) is 5.77. The molecular formula is C21H31N3O2. The first-order valence-electron chi connectivity index (χ1n) is 10.0. The third-order valence-electron chi connectivity index (χ3n) is 5.77. The quantitative estimate of drug-likeness (QED) is 0.796. The lowest BCUT2D eigenvalue weighted by Crippen LogP contribution is -2.44. The fourth-order valence-electron chi connectivity index (χ4n) is 4.20. The SMILES string of the molecule is C[C@H]1CCC[C@H](C)N1CCCNC(=O)c1ccc(N2CCCC2=O)cc1. The van der Waals surface area contributed by atoms with Crippen LogP contribution in [0, 0.1) is 0 Å². The van der Waals surface area contributed by atoms with Crippen LogP contribution in [-0.2, 0) is 4.79 Å². The highest BCUT2D eigenvalue weighted by atomic mass is 16.2. The molecule has 0 unspecified atom stereocenters. The zero-order valence-electron chi connectivity index (χ0n) is 16.0. The van der Waals surface area contributed by atoms with Crippen molar-refractivity contribution in [1.82, 2.24) is 10.2 Å². The van der Waals surface area contributed by atoms with Crippen molar-refractivity contribution < 1.29 is 9.59 Å². The van der Waals surface area contributed by atoms with E-state index in [9.17, 15) is 9.59 Å². The maximum absolute atomic E-state index is 12.3. The van der Waals surface area contributed by atoms with Gasteiger partial charge in [0.15, 0.2) is 0 Å². The topological polar surface area (TPSA) is 52.7 Å². The van der Waals surface area contributed by atoms with Gasteiger partial charge in [0.25, 0.3) is 5.91 Å². The van der Waals surface area contributed by atoms with Crippen LogP contribution in [0.4, 0.5) is 5.69 Å². The molecule has 1 aromatic rings. The summed E-state index contributed by atoms with van der Waals surface area (Å²) in [5.74, 6) is 0.132. The molecule has 0 spiro atoms. The number of anilines is 1.